The zero-order chi connectivity index (χ0) is 20.4. The van der Waals surface area contributed by atoms with Crippen molar-refractivity contribution in [1.82, 2.24) is 4.98 Å². The van der Waals surface area contributed by atoms with E-state index in [1.54, 1.807) is 57.3 Å². The number of carbonyl (C=O) groups is 2. The second kappa shape index (κ2) is 7.68. The van der Waals surface area contributed by atoms with Crippen molar-refractivity contribution in [1.29, 1.82) is 0 Å². The molecule has 1 amide bonds. The van der Waals surface area contributed by atoms with Crippen LogP contribution in [0.1, 0.15) is 29.8 Å². The number of aromatic amines is 1. The minimum absolute atomic E-state index is 0.0120. The SMILES string of the molecule is Cc1ccc(N(C)C(=O)c2c(OC(=O)C(C)C)c3ccccc3[nH]c2=O)cc1. The number of fused-ring (bicyclic) bond motifs is 1. The number of esters is 1. The van der Waals surface area contributed by atoms with Crippen LogP contribution >= 0.6 is 0 Å². The first-order chi connectivity index (χ1) is 13.3. The Hall–Kier alpha value is -3.41. The maximum atomic E-state index is 13.2. The summed E-state index contributed by atoms with van der Waals surface area (Å²) in [7, 11) is 1.58. The number of amides is 1. The summed E-state index contributed by atoms with van der Waals surface area (Å²) in [5.74, 6) is -1.48. The first kappa shape index (κ1) is 19.4. The predicted molar refractivity (Wildman–Crippen MR) is 109 cm³/mol. The molecular weight excluding hydrogens is 356 g/mol. The van der Waals surface area contributed by atoms with Crippen molar-refractivity contribution in [2.45, 2.75) is 20.8 Å². The molecule has 6 nitrogen and oxygen atoms in total. The van der Waals surface area contributed by atoms with Gasteiger partial charge in [0.1, 0.15) is 5.56 Å². The third-order valence-corrected chi connectivity index (χ3v) is 4.49. The molecule has 1 N–H and O–H groups in total. The second-order valence-corrected chi connectivity index (χ2v) is 6.98. The van der Waals surface area contributed by atoms with Gasteiger partial charge < -0.3 is 14.6 Å². The van der Waals surface area contributed by atoms with Crippen LogP contribution in [0.2, 0.25) is 0 Å². The second-order valence-electron chi connectivity index (χ2n) is 6.98. The molecular formula is C22H22N2O4. The maximum absolute atomic E-state index is 13.2. The highest BCUT2D eigenvalue weighted by Crippen LogP contribution is 2.29. The lowest BCUT2D eigenvalue weighted by molar-refractivity contribution is -0.137. The van der Waals surface area contributed by atoms with E-state index in [4.69, 9.17) is 4.74 Å². The van der Waals surface area contributed by atoms with Gasteiger partial charge >= 0.3 is 5.97 Å². The summed E-state index contributed by atoms with van der Waals surface area (Å²) in [6, 6.07) is 14.3. The molecule has 28 heavy (non-hydrogen) atoms. The number of ether oxygens (including phenoxy) is 1. The van der Waals surface area contributed by atoms with Gasteiger partial charge in [-0.3, -0.25) is 14.4 Å². The number of nitrogens with zero attached hydrogens (tertiary/aromatic N) is 1. The highest BCUT2D eigenvalue weighted by atomic mass is 16.5. The van der Waals surface area contributed by atoms with Crippen LogP contribution in [-0.4, -0.2) is 23.9 Å². The minimum Gasteiger partial charge on any atom is -0.425 e. The Morgan fingerprint density at radius 2 is 1.68 bits per heavy atom. The number of pyridine rings is 1. The molecule has 144 valence electrons. The van der Waals surface area contributed by atoms with Gasteiger partial charge in [0.05, 0.1) is 11.4 Å². The molecule has 6 heteroatoms. The van der Waals surface area contributed by atoms with E-state index in [9.17, 15) is 14.4 Å². The van der Waals surface area contributed by atoms with Gasteiger partial charge in [0.15, 0.2) is 5.75 Å². The average Bonchev–Trinajstić information content (AvgIpc) is 2.67. The lowest BCUT2D eigenvalue weighted by Crippen LogP contribution is -2.33. The first-order valence-corrected chi connectivity index (χ1v) is 9.01. The number of para-hydroxylation sites is 1. The number of hydrogen-bond acceptors (Lipinski definition) is 4. The molecule has 0 aliphatic carbocycles. The van der Waals surface area contributed by atoms with Gasteiger partial charge in [-0.2, -0.15) is 0 Å². The minimum atomic E-state index is -0.603. The zero-order valence-corrected chi connectivity index (χ0v) is 16.3. The van der Waals surface area contributed by atoms with Crippen LogP contribution in [0.4, 0.5) is 5.69 Å². The third-order valence-electron chi connectivity index (χ3n) is 4.49. The normalized spacial score (nSPS) is 10.9. The Kier molecular flexibility index (Phi) is 5.31. The van der Waals surface area contributed by atoms with Gasteiger partial charge in [-0.25, -0.2) is 0 Å². The average molecular weight is 378 g/mol. The number of benzene rings is 2. The molecule has 0 bridgehead atoms. The molecule has 0 saturated heterocycles. The van der Waals surface area contributed by atoms with E-state index < -0.39 is 23.4 Å². The van der Waals surface area contributed by atoms with E-state index in [1.807, 2.05) is 19.1 Å². The van der Waals surface area contributed by atoms with Crippen LogP contribution in [0.3, 0.4) is 0 Å². The van der Waals surface area contributed by atoms with Gasteiger partial charge in [0.2, 0.25) is 0 Å². The quantitative estimate of drug-likeness (QED) is 0.703. The topological polar surface area (TPSA) is 79.5 Å². The Morgan fingerprint density at radius 3 is 2.32 bits per heavy atom. The van der Waals surface area contributed by atoms with Crippen molar-refractivity contribution in [3.05, 3.63) is 70.0 Å². The summed E-state index contributed by atoms with van der Waals surface area (Å²) >= 11 is 0. The third kappa shape index (κ3) is 3.67. The van der Waals surface area contributed by atoms with Crippen LogP contribution in [0.5, 0.6) is 5.75 Å². The molecule has 1 aromatic heterocycles. The number of anilines is 1. The Balaban J connectivity index is 2.17. The number of rotatable bonds is 4. The van der Waals surface area contributed by atoms with Crippen LogP contribution in [0.25, 0.3) is 10.9 Å². The molecule has 3 aromatic rings. The molecule has 0 atom stereocenters. The number of carbonyl (C=O) groups excluding carboxylic acids is 2. The highest BCUT2D eigenvalue weighted by Gasteiger charge is 2.26. The monoisotopic (exact) mass is 378 g/mol. The van der Waals surface area contributed by atoms with Gasteiger partial charge in [0, 0.05) is 18.1 Å². The van der Waals surface area contributed by atoms with Crippen LogP contribution in [0.15, 0.2) is 53.3 Å². The largest absolute Gasteiger partial charge is 0.425 e. The molecule has 0 spiro atoms. The number of aromatic nitrogens is 1. The number of aryl methyl sites for hydroxylation is 1. The molecule has 3 rings (SSSR count). The van der Waals surface area contributed by atoms with E-state index in [-0.39, 0.29) is 11.3 Å². The Morgan fingerprint density at radius 1 is 1.04 bits per heavy atom. The van der Waals surface area contributed by atoms with Crippen molar-refractivity contribution < 1.29 is 14.3 Å². The van der Waals surface area contributed by atoms with E-state index in [1.165, 1.54) is 4.90 Å². The highest BCUT2D eigenvalue weighted by molar-refractivity contribution is 6.10. The van der Waals surface area contributed by atoms with Crippen molar-refractivity contribution in [2.24, 2.45) is 5.92 Å². The smallest absolute Gasteiger partial charge is 0.313 e. The summed E-state index contributed by atoms with van der Waals surface area (Å²) in [4.78, 5) is 42.3. The van der Waals surface area contributed by atoms with Crippen LogP contribution < -0.4 is 15.2 Å². The molecule has 1 heterocycles. The number of hydrogen-bond donors (Lipinski definition) is 1. The molecule has 0 radical (unpaired) electrons. The Labute approximate surface area is 162 Å². The summed E-state index contributed by atoms with van der Waals surface area (Å²) in [5, 5.41) is 0.497. The Bertz CT molecular complexity index is 1100. The molecule has 2 aromatic carbocycles. The van der Waals surface area contributed by atoms with Gasteiger partial charge in [-0.05, 0) is 31.2 Å². The summed E-state index contributed by atoms with van der Waals surface area (Å²) < 4.78 is 5.52. The molecule has 0 aliphatic heterocycles. The first-order valence-electron chi connectivity index (χ1n) is 9.01. The predicted octanol–water partition coefficient (Wildman–Crippen LogP) is 3.67. The molecule has 0 unspecified atom stereocenters. The van der Waals surface area contributed by atoms with Crippen molar-refractivity contribution in [3.63, 3.8) is 0 Å². The van der Waals surface area contributed by atoms with Gasteiger partial charge in [0.25, 0.3) is 11.5 Å². The summed E-state index contributed by atoms with van der Waals surface area (Å²) in [6.45, 7) is 5.33. The van der Waals surface area contributed by atoms with Gasteiger partial charge in [-0.15, -0.1) is 0 Å². The van der Waals surface area contributed by atoms with Crippen molar-refractivity contribution >= 4 is 28.5 Å². The van der Waals surface area contributed by atoms with Gasteiger partial charge in [-0.1, -0.05) is 43.7 Å². The lowest BCUT2D eigenvalue weighted by atomic mass is 10.1. The fourth-order valence-corrected chi connectivity index (χ4v) is 2.78. The fraction of sp³-hybridized carbons (Fsp3) is 0.227. The molecule has 0 fully saturated rings. The standard InChI is InChI=1S/C22H22N2O4/c1-13(2)22(27)28-19-16-7-5-6-8-17(16)23-20(25)18(19)21(26)24(4)15-11-9-14(3)10-12-15/h5-13H,1-4H3,(H,23,25). The van der Waals surface area contributed by atoms with Crippen molar-refractivity contribution in [3.8, 4) is 5.75 Å². The molecule has 0 aliphatic rings. The number of H-pyrrole nitrogens is 1. The van der Waals surface area contributed by atoms with E-state index in [0.29, 0.717) is 16.6 Å². The summed E-state index contributed by atoms with van der Waals surface area (Å²) in [6.07, 6.45) is 0. The van der Waals surface area contributed by atoms with E-state index in [2.05, 4.69) is 4.98 Å². The lowest BCUT2D eigenvalue weighted by Gasteiger charge is -2.20. The van der Waals surface area contributed by atoms with Crippen LogP contribution in [0, 0.1) is 12.8 Å². The zero-order valence-electron chi connectivity index (χ0n) is 16.3. The fourth-order valence-electron chi connectivity index (χ4n) is 2.78. The summed E-state index contributed by atoms with van der Waals surface area (Å²) in [5.41, 5.74) is 1.38. The van der Waals surface area contributed by atoms with E-state index in [0.717, 1.165) is 5.56 Å². The molecule has 0 saturated carbocycles. The number of nitrogens with one attached hydrogen (secondary N) is 1. The van der Waals surface area contributed by atoms with E-state index >= 15 is 0 Å². The van der Waals surface area contributed by atoms with Crippen molar-refractivity contribution in [2.75, 3.05) is 11.9 Å². The van der Waals surface area contributed by atoms with Crippen LogP contribution in [-0.2, 0) is 4.79 Å². The maximum Gasteiger partial charge on any atom is 0.313 e.